The molecule has 0 heterocycles. The molecular weight excluding hydrogens is 258 g/mol. The van der Waals surface area contributed by atoms with Gasteiger partial charge in [0, 0.05) is 19.6 Å². The number of carbonyl (C=O) groups is 1. The first-order chi connectivity index (χ1) is 9.65. The molecular formula is C15H21NO4. The molecule has 0 saturated heterocycles. The summed E-state index contributed by atoms with van der Waals surface area (Å²) in [6.45, 7) is 5.97. The van der Waals surface area contributed by atoms with Crippen LogP contribution >= 0.6 is 0 Å². The van der Waals surface area contributed by atoms with Crippen LogP contribution in [0.25, 0.3) is 0 Å². The Labute approximate surface area is 119 Å². The first kappa shape index (κ1) is 16.0. The summed E-state index contributed by atoms with van der Waals surface area (Å²) in [5.74, 6) is 0.754. The SMILES string of the molecule is C=CCN(CCOc1ccc(OC)cc1)CCC(=O)O. The predicted octanol–water partition coefficient (Wildman–Crippen LogP) is 2.04. The fraction of sp³-hybridized carbons (Fsp3) is 0.400. The lowest BCUT2D eigenvalue weighted by molar-refractivity contribution is -0.137. The number of methoxy groups -OCH3 is 1. The summed E-state index contributed by atoms with van der Waals surface area (Å²) < 4.78 is 10.7. The number of ether oxygens (including phenoxy) is 2. The smallest absolute Gasteiger partial charge is 0.304 e. The van der Waals surface area contributed by atoms with E-state index in [1.54, 1.807) is 13.2 Å². The summed E-state index contributed by atoms with van der Waals surface area (Å²) >= 11 is 0. The van der Waals surface area contributed by atoms with Gasteiger partial charge in [0.2, 0.25) is 0 Å². The van der Waals surface area contributed by atoms with Crippen molar-refractivity contribution in [3.05, 3.63) is 36.9 Å². The molecule has 1 aromatic rings. The summed E-state index contributed by atoms with van der Waals surface area (Å²) in [5, 5.41) is 8.69. The molecule has 0 aliphatic heterocycles. The van der Waals surface area contributed by atoms with Crippen LogP contribution in [0.2, 0.25) is 0 Å². The van der Waals surface area contributed by atoms with Gasteiger partial charge in [-0.3, -0.25) is 9.69 Å². The molecule has 0 unspecified atom stereocenters. The van der Waals surface area contributed by atoms with Crippen LogP contribution in [0.3, 0.4) is 0 Å². The highest BCUT2D eigenvalue weighted by atomic mass is 16.5. The Morgan fingerprint density at radius 2 is 1.95 bits per heavy atom. The Kier molecular flexibility index (Phi) is 7.21. The van der Waals surface area contributed by atoms with Crippen molar-refractivity contribution in [1.82, 2.24) is 4.90 Å². The van der Waals surface area contributed by atoms with Crippen LogP contribution in [-0.4, -0.2) is 49.3 Å². The number of hydrogen-bond acceptors (Lipinski definition) is 4. The number of aliphatic carboxylic acids is 1. The third-order valence-electron chi connectivity index (χ3n) is 2.76. The summed E-state index contributed by atoms with van der Waals surface area (Å²) in [4.78, 5) is 12.6. The van der Waals surface area contributed by atoms with E-state index in [0.717, 1.165) is 11.5 Å². The molecule has 1 rings (SSSR count). The lowest BCUT2D eigenvalue weighted by Crippen LogP contribution is -2.30. The molecule has 0 aromatic heterocycles. The molecule has 1 N–H and O–H groups in total. The van der Waals surface area contributed by atoms with Crippen LogP contribution in [0, 0.1) is 0 Å². The summed E-state index contributed by atoms with van der Waals surface area (Å²) in [6.07, 6.45) is 1.88. The molecule has 5 heteroatoms. The van der Waals surface area contributed by atoms with Gasteiger partial charge < -0.3 is 14.6 Å². The van der Waals surface area contributed by atoms with Crippen molar-refractivity contribution in [3.8, 4) is 11.5 Å². The first-order valence-corrected chi connectivity index (χ1v) is 6.47. The zero-order valence-corrected chi connectivity index (χ0v) is 11.7. The maximum Gasteiger partial charge on any atom is 0.304 e. The van der Waals surface area contributed by atoms with E-state index in [9.17, 15) is 4.79 Å². The fourth-order valence-electron chi connectivity index (χ4n) is 1.70. The van der Waals surface area contributed by atoms with Crippen molar-refractivity contribution in [2.45, 2.75) is 6.42 Å². The van der Waals surface area contributed by atoms with Crippen molar-refractivity contribution in [2.75, 3.05) is 33.4 Å². The third kappa shape index (κ3) is 6.24. The van der Waals surface area contributed by atoms with Gasteiger partial charge in [0.25, 0.3) is 0 Å². The monoisotopic (exact) mass is 279 g/mol. The van der Waals surface area contributed by atoms with Gasteiger partial charge in [-0.15, -0.1) is 6.58 Å². The molecule has 0 amide bonds. The van der Waals surface area contributed by atoms with Crippen LogP contribution in [0.15, 0.2) is 36.9 Å². The van der Waals surface area contributed by atoms with Crippen LogP contribution in [-0.2, 0) is 4.79 Å². The average molecular weight is 279 g/mol. The minimum atomic E-state index is -0.796. The maximum atomic E-state index is 10.6. The third-order valence-corrected chi connectivity index (χ3v) is 2.76. The average Bonchev–Trinajstić information content (AvgIpc) is 2.45. The van der Waals surface area contributed by atoms with E-state index in [1.165, 1.54) is 0 Å². The second kappa shape index (κ2) is 8.98. The lowest BCUT2D eigenvalue weighted by Gasteiger charge is -2.19. The highest BCUT2D eigenvalue weighted by Gasteiger charge is 2.06. The van der Waals surface area contributed by atoms with Gasteiger partial charge in [0.1, 0.15) is 18.1 Å². The van der Waals surface area contributed by atoms with E-state index in [2.05, 4.69) is 6.58 Å². The van der Waals surface area contributed by atoms with E-state index in [-0.39, 0.29) is 6.42 Å². The number of carboxylic acids is 1. The van der Waals surface area contributed by atoms with E-state index in [4.69, 9.17) is 14.6 Å². The highest BCUT2D eigenvalue weighted by Crippen LogP contribution is 2.16. The maximum absolute atomic E-state index is 10.6. The number of nitrogens with zero attached hydrogens (tertiary/aromatic N) is 1. The van der Waals surface area contributed by atoms with E-state index in [1.807, 2.05) is 29.2 Å². The van der Waals surface area contributed by atoms with E-state index < -0.39 is 5.97 Å². The molecule has 0 saturated carbocycles. The Bertz CT molecular complexity index is 416. The minimum Gasteiger partial charge on any atom is -0.497 e. The van der Waals surface area contributed by atoms with Gasteiger partial charge in [0.15, 0.2) is 0 Å². The first-order valence-electron chi connectivity index (χ1n) is 6.47. The Morgan fingerprint density at radius 3 is 2.50 bits per heavy atom. The van der Waals surface area contributed by atoms with E-state index >= 15 is 0 Å². The van der Waals surface area contributed by atoms with Gasteiger partial charge in [-0.2, -0.15) is 0 Å². The topological polar surface area (TPSA) is 59.0 Å². The molecule has 0 aliphatic carbocycles. The normalized spacial score (nSPS) is 10.3. The lowest BCUT2D eigenvalue weighted by atomic mass is 10.3. The molecule has 110 valence electrons. The van der Waals surface area contributed by atoms with Crippen LogP contribution in [0.4, 0.5) is 0 Å². The molecule has 0 radical (unpaired) electrons. The van der Waals surface area contributed by atoms with Gasteiger partial charge in [-0.1, -0.05) is 6.08 Å². The van der Waals surface area contributed by atoms with Crippen LogP contribution < -0.4 is 9.47 Å². The Balaban J connectivity index is 2.34. The second-order valence-corrected chi connectivity index (χ2v) is 4.26. The largest absolute Gasteiger partial charge is 0.497 e. The standard InChI is InChI=1S/C15H21NO4/c1-3-9-16(10-8-15(17)18)11-12-20-14-6-4-13(19-2)5-7-14/h3-7H,1,8-12H2,2H3,(H,17,18). The van der Waals surface area contributed by atoms with Gasteiger partial charge in [0.05, 0.1) is 13.5 Å². The second-order valence-electron chi connectivity index (χ2n) is 4.26. The van der Waals surface area contributed by atoms with Crippen molar-refractivity contribution in [2.24, 2.45) is 0 Å². The predicted molar refractivity (Wildman–Crippen MR) is 77.4 cm³/mol. The number of benzene rings is 1. The quantitative estimate of drug-likeness (QED) is 0.664. The zero-order chi connectivity index (χ0) is 14.8. The molecule has 0 atom stereocenters. The van der Waals surface area contributed by atoms with Crippen molar-refractivity contribution in [1.29, 1.82) is 0 Å². The van der Waals surface area contributed by atoms with Crippen molar-refractivity contribution < 1.29 is 19.4 Å². The summed E-state index contributed by atoms with van der Waals surface area (Å²) in [7, 11) is 1.62. The number of rotatable bonds is 10. The Hall–Kier alpha value is -2.01. The minimum absolute atomic E-state index is 0.121. The summed E-state index contributed by atoms with van der Waals surface area (Å²) in [6, 6.07) is 7.35. The Morgan fingerprint density at radius 1 is 1.30 bits per heavy atom. The van der Waals surface area contributed by atoms with Gasteiger partial charge in [-0.25, -0.2) is 0 Å². The van der Waals surface area contributed by atoms with Gasteiger partial charge in [-0.05, 0) is 24.3 Å². The number of hydrogen-bond donors (Lipinski definition) is 1. The molecule has 0 fully saturated rings. The summed E-state index contributed by atoms with van der Waals surface area (Å²) in [5.41, 5.74) is 0. The van der Waals surface area contributed by atoms with E-state index in [0.29, 0.717) is 26.2 Å². The molecule has 5 nitrogen and oxygen atoms in total. The molecule has 0 aliphatic rings. The molecule has 0 bridgehead atoms. The number of carboxylic acid groups (broad SMARTS) is 1. The highest BCUT2D eigenvalue weighted by molar-refractivity contribution is 5.66. The zero-order valence-electron chi connectivity index (χ0n) is 11.7. The van der Waals surface area contributed by atoms with Gasteiger partial charge >= 0.3 is 5.97 Å². The van der Waals surface area contributed by atoms with Crippen LogP contribution in [0.5, 0.6) is 11.5 Å². The molecule has 20 heavy (non-hydrogen) atoms. The fourth-order valence-corrected chi connectivity index (χ4v) is 1.70. The molecule has 0 spiro atoms. The van der Waals surface area contributed by atoms with Crippen molar-refractivity contribution >= 4 is 5.97 Å². The molecule has 1 aromatic carbocycles. The van der Waals surface area contributed by atoms with Crippen molar-refractivity contribution in [3.63, 3.8) is 0 Å². The van der Waals surface area contributed by atoms with Crippen LogP contribution in [0.1, 0.15) is 6.42 Å².